The summed E-state index contributed by atoms with van der Waals surface area (Å²) in [4.78, 5) is 36.4. The van der Waals surface area contributed by atoms with Crippen LogP contribution in [0.1, 0.15) is 49.3 Å². The number of hydrogen-bond acceptors (Lipinski definition) is 7. The Labute approximate surface area is 282 Å². The summed E-state index contributed by atoms with van der Waals surface area (Å²) in [6.07, 6.45) is 2.28. The van der Waals surface area contributed by atoms with Gasteiger partial charge in [0.05, 0.1) is 16.6 Å². The van der Waals surface area contributed by atoms with Gasteiger partial charge in [-0.05, 0) is 61.0 Å². The number of piperazine rings is 1. The van der Waals surface area contributed by atoms with Gasteiger partial charge in [0.15, 0.2) is 5.17 Å². The standard InChI is InChI=1S/C26H24FN5O2.C4H8N2S.2C2H6.C2H4/c27-23-10-5-17(16-24-20-3-1-2-4-21(20)25(33)30-29-24)15-22(23)26(34)32-13-11-31(12-14-32)19-8-6-18(28)7-9-19;1-5-4(6-2)7-3;3*1-2/h1-10,15H,11-14,16,28H2,(H,30,33);1H2,2-3H3;2*1-2H3;1-2H2. The van der Waals surface area contributed by atoms with Crippen molar-refractivity contribution in [2.24, 2.45) is 9.98 Å². The molecular formula is C36H48FN7O2S. The number of hydrogen-bond donors (Lipinski definition) is 2. The first-order valence-corrected chi connectivity index (χ1v) is 16.7. The lowest BCUT2D eigenvalue weighted by molar-refractivity contribution is 0.0742. The summed E-state index contributed by atoms with van der Waals surface area (Å²) in [6, 6.07) is 19.4. The number of nitrogen functional groups attached to an aromatic ring is 1. The number of nitrogens with zero attached hydrogens (tertiary/aromatic N) is 5. The Hall–Kier alpha value is -4.77. The molecule has 0 spiro atoms. The lowest BCUT2D eigenvalue weighted by atomic mass is 10.0. The summed E-state index contributed by atoms with van der Waals surface area (Å²) >= 11 is 1.49. The Balaban J connectivity index is 0.000000738. The van der Waals surface area contributed by atoms with Crippen molar-refractivity contribution >= 4 is 51.7 Å². The molecule has 9 nitrogen and oxygen atoms in total. The lowest BCUT2D eigenvalue weighted by Gasteiger charge is -2.36. The Bertz CT molecular complexity index is 1630. The van der Waals surface area contributed by atoms with E-state index in [9.17, 15) is 14.0 Å². The number of carbonyl (C=O) groups is 1. The molecule has 0 unspecified atom stereocenters. The van der Waals surface area contributed by atoms with Crippen molar-refractivity contribution < 1.29 is 9.18 Å². The number of aliphatic imine (C=N–C) groups is 2. The smallest absolute Gasteiger partial charge is 0.272 e. The second-order valence-corrected chi connectivity index (χ2v) is 10.0. The van der Waals surface area contributed by atoms with Crippen LogP contribution < -0.4 is 16.2 Å². The predicted octanol–water partition coefficient (Wildman–Crippen LogP) is 7.09. The number of halogens is 1. The average Bonchev–Trinajstić information content (AvgIpc) is 3.14. The Morgan fingerprint density at radius 1 is 0.979 bits per heavy atom. The third kappa shape index (κ3) is 11.5. The van der Waals surface area contributed by atoms with Crippen LogP contribution in [0.5, 0.6) is 0 Å². The van der Waals surface area contributed by atoms with Crippen LogP contribution in [0.4, 0.5) is 15.8 Å². The van der Waals surface area contributed by atoms with Crippen molar-refractivity contribution in [3.63, 3.8) is 0 Å². The summed E-state index contributed by atoms with van der Waals surface area (Å²) in [5.74, 6) is -0.871. The highest BCUT2D eigenvalue weighted by molar-refractivity contribution is 8.13. The minimum Gasteiger partial charge on any atom is -0.399 e. The quantitative estimate of drug-likeness (QED) is 0.104. The maximum absolute atomic E-state index is 14.7. The van der Waals surface area contributed by atoms with Crippen LogP contribution in [-0.4, -0.2) is 72.4 Å². The number of amidine groups is 1. The highest BCUT2D eigenvalue weighted by Gasteiger charge is 2.25. The fourth-order valence-electron chi connectivity index (χ4n) is 4.60. The van der Waals surface area contributed by atoms with Gasteiger partial charge in [-0.1, -0.05) is 63.7 Å². The first kappa shape index (κ1) is 40.3. The molecule has 1 amide bonds. The molecule has 3 N–H and O–H groups in total. The van der Waals surface area contributed by atoms with Crippen LogP contribution in [0, 0.1) is 5.82 Å². The molecule has 5 rings (SSSR count). The van der Waals surface area contributed by atoms with E-state index in [2.05, 4.69) is 45.0 Å². The molecule has 1 fully saturated rings. The number of anilines is 2. The van der Waals surface area contributed by atoms with E-state index in [-0.39, 0.29) is 17.0 Å². The highest BCUT2D eigenvalue weighted by atomic mass is 32.2. The van der Waals surface area contributed by atoms with E-state index in [4.69, 9.17) is 5.73 Å². The molecule has 1 aromatic heterocycles. The van der Waals surface area contributed by atoms with Crippen LogP contribution in [0.2, 0.25) is 0 Å². The number of nitrogens with two attached hydrogens (primary N) is 1. The number of amides is 1. The minimum absolute atomic E-state index is 0.0483. The molecule has 1 saturated heterocycles. The summed E-state index contributed by atoms with van der Waals surface area (Å²) in [7, 11) is 1.69. The SMILES string of the molecule is C=C.C=NC(=NC)SC.CC.CC.Nc1ccc(N2CCN(C(=O)c3cc(Cc4n[nH]c(=O)c5ccccc45)ccc3F)CC2)cc1. The number of aromatic amines is 1. The van der Waals surface area contributed by atoms with Gasteiger partial charge >= 0.3 is 0 Å². The van der Waals surface area contributed by atoms with Gasteiger partial charge in [0.2, 0.25) is 0 Å². The number of fused-ring (bicyclic) bond motifs is 1. The van der Waals surface area contributed by atoms with E-state index in [1.54, 1.807) is 36.2 Å². The summed E-state index contributed by atoms with van der Waals surface area (Å²) in [5.41, 5.74) is 8.72. The van der Waals surface area contributed by atoms with Crippen LogP contribution in [0.25, 0.3) is 10.8 Å². The van der Waals surface area contributed by atoms with Crippen LogP contribution in [-0.2, 0) is 6.42 Å². The zero-order valence-corrected chi connectivity index (χ0v) is 29.2. The molecule has 1 aliphatic rings. The summed E-state index contributed by atoms with van der Waals surface area (Å²) in [6.45, 7) is 19.6. The van der Waals surface area contributed by atoms with E-state index in [1.165, 1.54) is 17.8 Å². The Morgan fingerprint density at radius 2 is 1.57 bits per heavy atom. The zero-order chi connectivity index (χ0) is 35.4. The first-order valence-electron chi connectivity index (χ1n) is 15.5. The van der Waals surface area contributed by atoms with Gasteiger partial charge in [0.25, 0.3) is 11.5 Å². The third-order valence-corrected chi connectivity index (χ3v) is 7.42. The number of H-pyrrole nitrogens is 1. The molecule has 0 aliphatic carbocycles. The molecule has 47 heavy (non-hydrogen) atoms. The molecule has 1 aliphatic heterocycles. The fraction of sp³-hybridized carbons (Fsp3) is 0.306. The maximum Gasteiger partial charge on any atom is 0.272 e. The van der Waals surface area contributed by atoms with Gasteiger partial charge in [0.1, 0.15) is 5.82 Å². The minimum atomic E-state index is -0.547. The largest absolute Gasteiger partial charge is 0.399 e. The molecule has 11 heteroatoms. The molecule has 3 aromatic carbocycles. The molecule has 0 radical (unpaired) electrons. The van der Waals surface area contributed by atoms with Crippen LogP contribution >= 0.6 is 11.8 Å². The van der Waals surface area contributed by atoms with Gasteiger partial charge in [0, 0.05) is 56.4 Å². The topological polar surface area (TPSA) is 120 Å². The van der Waals surface area contributed by atoms with E-state index in [0.29, 0.717) is 49.4 Å². The molecule has 252 valence electrons. The van der Waals surface area contributed by atoms with Crippen molar-refractivity contribution in [1.82, 2.24) is 15.1 Å². The van der Waals surface area contributed by atoms with Crippen molar-refractivity contribution in [1.29, 1.82) is 0 Å². The molecule has 4 aromatic rings. The fourth-order valence-corrected chi connectivity index (χ4v) is 4.91. The van der Waals surface area contributed by atoms with Crippen LogP contribution in [0.3, 0.4) is 0 Å². The van der Waals surface area contributed by atoms with E-state index in [0.717, 1.165) is 21.8 Å². The molecule has 0 atom stereocenters. The second-order valence-electron chi connectivity index (χ2n) is 9.28. The molecular weight excluding hydrogens is 614 g/mol. The van der Waals surface area contributed by atoms with Crippen molar-refractivity contribution in [3.8, 4) is 0 Å². The van der Waals surface area contributed by atoms with E-state index >= 15 is 0 Å². The predicted molar refractivity (Wildman–Crippen MR) is 201 cm³/mol. The van der Waals surface area contributed by atoms with Gasteiger partial charge < -0.3 is 15.5 Å². The molecule has 0 bridgehead atoms. The van der Waals surface area contributed by atoms with Gasteiger partial charge in [-0.15, -0.1) is 13.2 Å². The molecule has 2 heterocycles. The summed E-state index contributed by atoms with van der Waals surface area (Å²) in [5, 5.41) is 8.73. The van der Waals surface area contributed by atoms with Crippen molar-refractivity contribution in [2.45, 2.75) is 34.1 Å². The third-order valence-electron chi connectivity index (χ3n) is 6.74. The number of benzene rings is 3. The Morgan fingerprint density at radius 3 is 2.11 bits per heavy atom. The second kappa shape index (κ2) is 21.9. The van der Waals surface area contributed by atoms with Gasteiger partial charge in [-0.25, -0.2) is 14.5 Å². The van der Waals surface area contributed by atoms with Gasteiger partial charge in [-0.3, -0.25) is 14.6 Å². The van der Waals surface area contributed by atoms with E-state index in [1.807, 2.05) is 70.3 Å². The number of thioether (sulfide) groups is 1. The summed E-state index contributed by atoms with van der Waals surface area (Å²) < 4.78 is 14.7. The zero-order valence-electron chi connectivity index (χ0n) is 28.4. The number of rotatable bonds is 4. The first-order chi connectivity index (χ1) is 22.8. The highest BCUT2D eigenvalue weighted by Crippen LogP contribution is 2.22. The Kier molecular flexibility index (Phi) is 18.7. The maximum atomic E-state index is 14.7. The monoisotopic (exact) mass is 661 g/mol. The normalized spacial score (nSPS) is 12.1. The van der Waals surface area contributed by atoms with Gasteiger partial charge in [-0.2, -0.15) is 5.10 Å². The average molecular weight is 662 g/mol. The van der Waals surface area contributed by atoms with E-state index < -0.39 is 5.82 Å². The van der Waals surface area contributed by atoms with Crippen molar-refractivity contribution in [2.75, 3.05) is 50.1 Å². The number of carbonyl (C=O) groups excluding carboxylic acids is 1. The van der Waals surface area contributed by atoms with Crippen molar-refractivity contribution in [3.05, 3.63) is 113 Å². The molecule has 0 saturated carbocycles. The number of aromatic nitrogens is 2. The number of nitrogens with one attached hydrogen (secondary N) is 1. The lowest BCUT2D eigenvalue weighted by Crippen LogP contribution is -2.49. The van der Waals surface area contributed by atoms with Crippen LogP contribution in [0.15, 0.2) is 94.7 Å².